The van der Waals surface area contributed by atoms with Crippen molar-refractivity contribution >= 4 is 12.2 Å². The molecule has 0 rings (SSSR count). The third-order valence-corrected chi connectivity index (χ3v) is 2.12. The highest BCUT2D eigenvalue weighted by molar-refractivity contribution is 5.79. The summed E-state index contributed by atoms with van der Waals surface area (Å²) < 4.78 is 0. The largest absolute Gasteiger partial charge is 0.347 e. The van der Waals surface area contributed by atoms with Gasteiger partial charge in [-0.1, -0.05) is 33.1 Å². The predicted molar refractivity (Wildman–Crippen MR) is 57.0 cm³/mol. The van der Waals surface area contributed by atoms with Crippen LogP contribution in [0.15, 0.2) is 0 Å². The van der Waals surface area contributed by atoms with Crippen molar-refractivity contribution in [3.8, 4) is 0 Å². The maximum absolute atomic E-state index is 11.3. The minimum absolute atomic E-state index is 0.00370. The number of unbranched alkanes of at least 4 members (excludes halogenated alkanes) is 2. The Morgan fingerprint density at radius 2 is 2.00 bits per heavy atom. The van der Waals surface area contributed by atoms with Crippen LogP contribution in [0.1, 0.15) is 52.4 Å². The molecule has 3 nitrogen and oxygen atoms in total. The smallest absolute Gasteiger partial charge is 0.220 e. The monoisotopic (exact) mass is 199 g/mol. The Kier molecular flexibility index (Phi) is 8.19. The van der Waals surface area contributed by atoms with Gasteiger partial charge in [0.15, 0.2) is 0 Å². The van der Waals surface area contributed by atoms with E-state index in [1.165, 1.54) is 0 Å². The minimum atomic E-state index is -0.283. The van der Waals surface area contributed by atoms with Gasteiger partial charge in [-0.25, -0.2) is 0 Å². The van der Waals surface area contributed by atoms with Crippen LogP contribution in [-0.4, -0.2) is 18.2 Å². The van der Waals surface area contributed by atoms with Crippen LogP contribution in [0.2, 0.25) is 0 Å². The lowest BCUT2D eigenvalue weighted by atomic mass is 10.1. The number of carbonyl (C=O) groups is 2. The molecule has 82 valence electrons. The molecule has 0 heterocycles. The molecule has 0 aromatic heterocycles. The van der Waals surface area contributed by atoms with Gasteiger partial charge in [0.1, 0.15) is 6.29 Å². The number of nitrogens with one attached hydrogen (secondary N) is 1. The van der Waals surface area contributed by atoms with Gasteiger partial charge in [0.25, 0.3) is 0 Å². The number of rotatable bonds is 8. The van der Waals surface area contributed by atoms with E-state index in [0.717, 1.165) is 38.4 Å². The lowest BCUT2D eigenvalue weighted by Crippen LogP contribution is -2.35. The Balaban J connectivity index is 3.62. The quantitative estimate of drug-likeness (QED) is 0.480. The second-order valence-electron chi connectivity index (χ2n) is 3.56. The minimum Gasteiger partial charge on any atom is -0.347 e. The van der Waals surface area contributed by atoms with E-state index in [0.29, 0.717) is 6.42 Å². The SMILES string of the molecule is CCCCCC(=O)NC(C=O)CCC. The second-order valence-corrected chi connectivity index (χ2v) is 3.56. The van der Waals surface area contributed by atoms with Gasteiger partial charge in [0.05, 0.1) is 6.04 Å². The van der Waals surface area contributed by atoms with E-state index in [2.05, 4.69) is 12.2 Å². The molecule has 1 N–H and O–H groups in total. The summed E-state index contributed by atoms with van der Waals surface area (Å²) in [6.45, 7) is 4.10. The molecule has 0 spiro atoms. The highest BCUT2D eigenvalue weighted by Crippen LogP contribution is 2.00. The van der Waals surface area contributed by atoms with Crippen molar-refractivity contribution in [3.63, 3.8) is 0 Å². The Bertz CT molecular complexity index is 169. The third-order valence-electron chi connectivity index (χ3n) is 2.12. The first kappa shape index (κ1) is 13.1. The van der Waals surface area contributed by atoms with E-state index in [-0.39, 0.29) is 11.9 Å². The molecule has 1 atom stereocenters. The number of amides is 1. The fourth-order valence-electron chi connectivity index (χ4n) is 1.30. The van der Waals surface area contributed by atoms with Crippen LogP contribution < -0.4 is 5.32 Å². The maximum Gasteiger partial charge on any atom is 0.220 e. The Labute approximate surface area is 86.3 Å². The highest BCUT2D eigenvalue weighted by atomic mass is 16.2. The van der Waals surface area contributed by atoms with Crippen molar-refractivity contribution in [1.29, 1.82) is 0 Å². The average Bonchev–Trinajstić information content (AvgIpc) is 2.17. The molecule has 1 unspecified atom stereocenters. The van der Waals surface area contributed by atoms with Gasteiger partial charge in [0.2, 0.25) is 5.91 Å². The molecule has 14 heavy (non-hydrogen) atoms. The molecule has 0 saturated carbocycles. The summed E-state index contributed by atoms with van der Waals surface area (Å²) in [5, 5.41) is 2.72. The molecule has 1 amide bonds. The average molecular weight is 199 g/mol. The van der Waals surface area contributed by atoms with Crippen LogP contribution in [0.3, 0.4) is 0 Å². The topological polar surface area (TPSA) is 46.2 Å². The molecule has 0 aromatic carbocycles. The van der Waals surface area contributed by atoms with E-state index in [1.807, 2.05) is 6.92 Å². The van der Waals surface area contributed by atoms with Crippen molar-refractivity contribution < 1.29 is 9.59 Å². The summed E-state index contributed by atoms with van der Waals surface area (Å²) in [7, 11) is 0. The van der Waals surface area contributed by atoms with Gasteiger partial charge in [-0.05, 0) is 12.8 Å². The summed E-state index contributed by atoms with van der Waals surface area (Å²) >= 11 is 0. The summed E-state index contributed by atoms with van der Waals surface area (Å²) in [6, 6.07) is -0.283. The molecule has 0 aliphatic rings. The second kappa shape index (κ2) is 8.73. The van der Waals surface area contributed by atoms with Crippen molar-refractivity contribution in [2.24, 2.45) is 0 Å². The van der Waals surface area contributed by atoms with Gasteiger partial charge in [0, 0.05) is 6.42 Å². The maximum atomic E-state index is 11.3. The molecule has 0 bridgehead atoms. The molecule has 0 aliphatic carbocycles. The number of carbonyl (C=O) groups excluding carboxylic acids is 2. The number of aldehydes is 1. The zero-order valence-corrected chi connectivity index (χ0v) is 9.21. The molecular weight excluding hydrogens is 178 g/mol. The van der Waals surface area contributed by atoms with Crippen LogP contribution in [0.5, 0.6) is 0 Å². The van der Waals surface area contributed by atoms with Crippen LogP contribution >= 0.6 is 0 Å². The van der Waals surface area contributed by atoms with Gasteiger partial charge in [-0.2, -0.15) is 0 Å². The van der Waals surface area contributed by atoms with Gasteiger partial charge in [-0.15, -0.1) is 0 Å². The normalized spacial score (nSPS) is 12.1. The zero-order valence-electron chi connectivity index (χ0n) is 9.21. The van der Waals surface area contributed by atoms with E-state index >= 15 is 0 Å². The predicted octanol–water partition coefficient (Wildman–Crippen LogP) is 2.05. The molecule has 3 heteroatoms. The molecular formula is C11H21NO2. The van der Waals surface area contributed by atoms with Crippen molar-refractivity contribution in [3.05, 3.63) is 0 Å². The summed E-state index contributed by atoms with van der Waals surface area (Å²) in [5.74, 6) is 0.00370. The Hall–Kier alpha value is -0.860. The summed E-state index contributed by atoms with van der Waals surface area (Å²) in [5.41, 5.74) is 0. The van der Waals surface area contributed by atoms with Crippen LogP contribution in [0.4, 0.5) is 0 Å². The molecule has 0 aromatic rings. The first-order valence-corrected chi connectivity index (χ1v) is 5.49. The summed E-state index contributed by atoms with van der Waals surface area (Å²) in [4.78, 5) is 21.8. The Morgan fingerprint density at radius 3 is 2.50 bits per heavy atom. The van der Waals surface area contributed by atoms with Crippen LogP contribution in [-0.2, 0) is 9.59 Å². The van der Waals surface area contributed by atoms with Crippen molar-refractivity contribution in [2.45, 2.75) is 58.4 Å². The molecule has 0 radical (unpaired) electrons. The number of hydrogen-bond acceptors (Lipinski definition) is 2. The van der Waals surface area contributed by atoms with Crippen molar-refractivity contribution in [2.75, 3.05) is 0 Å². The van der Waals surface area contributed by atoms with E-state index in [9.17, 15) is 9.59 Å². The molecule has 0 fully saturated rings. The zero-order chi connectivity index (χ0) is 10.8. The van der Waals surface area contributed by atoms with Gasteiger partial charge >= 0.3 is 0 Å². The van der Waals surface area contributed by atoms with E-state index in [1.54, 1.807) is 0 Å². The standard InChI is InChI=1S/C11H21NO2/c1-3-5-6-8-11(14)12-10(9-13)7-4-2/h9-10H,3-8H2,1-2H3,(H,12,14). The third kappa shape index (κ3) is 6.63. The first-order valence-electron chi connectivity index (χ1n) is 5.49. The fourth-order valence-corrected chi connectivity index (χ4v) is 1.30. The van der Waals surface area contributed by atoms with E-state index < -0.39 is 0 Å². The van der Waals surface area contributed by atoms with Crippen LogP contribution in [0, 0.1) is 0 Å². The fraction of sp³-hybridized carbons (Fsp3) is 0.818. The lowest BCUT2D eigenvalue weighted by molar-refractivity contribution is -0.124. The molecule has 0 aliphatic heterocycles. The van der Waals surface area contributed by atoms with Crippen molar-refractivity contribution in [1.82, 2.24) is 5.32 Å². The Morgan fingerprint density at radius 1 is 1.29 bits per heavy atom. The summed E-state index contributed by atoms with van der Waals surface area (Å²) in [6.07, 6.45) is 6.12. The lowest BCUT2D eigenvalue weighted by Gasteiger charge is -2.11. The van der Waals surface area contributed by atoms with E-state index in [4.69, 9.17) is 0 Å². The van der Waals surface area contributed by atoms with Gasteiger partial charge in [-0.3, -0.25) is 4.79 Å². The van der Waals surface area contributed by atoms with Gasteiger partial charge < -0.3 is 10.1 Å². The van der Waals surface area contributed by atoms with Crippen LogP contribution in [0.25, 0.3) is 0 Å². The molecule has 0 saturated heterocycles. The highest BCUT2D eigenvalue weighted by Gasteiger charge is 2.09. The number of hydrogen-bond donors (Lipinski definition) is 1. The first-order chi connectivity index (χ1) is 6.74.